The lowest BCUT2D eigenvalue weighted by Gasteiger charge is -2.13. The average molecular weight is 264 g/mol. The standard InChI is InChI=1S/C10H15F3N4O/c1-6(2-3-18)5-15-8-4-7(10(11,12)13)16-9(14)17-8/h4,6,18H,2-3,5H2,1H3,(H3,14,15,16,17). The van der Waals surface area contributed by atoms with Crippen LogP contribution in [0.5, 0.6) is 0 Å². The number of nitrogens with two attached hydrogens (primary N) is 1. The Kier molecular flexibility index (Phi) is 4.71. The van der Waals surface area contributed by atoms with Gasteiger partial charge in [-0.25, -0.2) is 4.98 Å². The molecule has 0 spiro atoms. The van der Waals surface area contributed by atoms with Crippen LogP contribution in [0.2, 0.25) is 0 Å². The van der Waals surface area contributed by atoms with Gasteiger partial charge >= 0.3 is 6.18 Å². The van der Waals surface area contributed by atoms with Crippen molar-refractivity contribution in [2.24, 2.45) is 5.92 Å². The number of aliphatic hydroxyl groups excluding tert-OH is 1. The quantitative estimate of drug-likeness (QED) is 0.750. The number of halogens is 3. The number of hydrogen-bond acceptors (Lipinski definition) is 5. The molecule has 0 aliphatic rings. The fourth-order valence-corrected chi connectivity index (χ4v) is 1.30. The fraction of sp³-hybridized carbons (Fsp3) is 0.600. The van der Waals surface area contributed by atoms with Crippen molar-refractivity contribution >= 4 is 11.8 Å². The topological polar surface area (TPSA) is 84.1 Å². The van der Waals surface area contributed by atoms with E-state index in [1.165, 1.54) is 0 Å². The van der Waals surface area contributed by atoms with Crippen LogP contribution in [0.25, 0.3) is 0 Å². The van der Waals surface area contributed by atoms with E-state index in [9.17, 15) is 13.2 Å². The first kappa shape index (κ1) is 14.5. The van der Waals surface area contributed by atoms with E-state index >= 15 is 0 Å². The Labute approximate surface area is 102 Å². The van der Waals surface area contributed by atoms with Crippen LogP contribution < -0.4 is 11.1 Å². The van der Waals surface area contributed by atoms with Crippen LogP contribution in [0.1, 0.15) is 19.0 Å². The summed E-state index contributed by atoms with van der Waals surface area (Å²) in [5, 5.41) is 11.4. The van der Waals surface area contributed by atoms with Crippen LogP contribution in [0.15, 0.2) is 6.07 Å². The smallest absolute Gasteiger partial charge is 0.396 e. The molecule has 0 amide bonds. The highest BCUT2D eigenvalue weighted by Crippen LogP contribution is 2.29. The van der Waals surface area contributed by atoms with Gasteiger partial charge in [-0.1, -0.05) is 6.92 Å². The minimum Gasteiger partial charge on any atom is -0.396 e. The molecule has 1 rings (SSSR count). The second kappa shape index (κ2) is 5.85. The van der Waals surface area contributed by atoms with Gasteiger partial charge < -0.3 is 16.2 Å². The summed E-state index contributed by atoms with van der Waals surface area (Å²) < 4.78 is 37.4. The normalized spacial score (nSPS) is 13.4. The van der Waals surface area contributed by atoms with Crippen LogP contribution in [0, 0.1) is 5.92 Å². The lowest BCUT2D eigenvalue weighted by molar-refractivity contribution is -0.141. The molecule has 1 aromatic rings. The number of alkyl halides is 3. The van der Waals surface area contributed by atoms with Gasteiger partial charge in [0, 0.05) is 19.2 Å². The molecule has 5 nitrogen and oxygen atoms in total. The lowest BCUT2D eigenvalue weighted by atomic mass is 10.1. The molecule has 0 aliphatic carbocycles. The first-order valence-corrected chi connectivity index (χ1v) is 5.39. The van der Waals surface area contributed by atoms with Crippen molar-refractivity contribution in [3.05, 3.63) is 11.8 Å². The van der Waals surface area contributed by atoms with Crippen molar-refractivity contribution < 1.29 is 18.3 Å². The van der Waals surface area contributed by atoms with Crippen LogP contribution in [-0.2, 0) is 6.18 Å². The number of nitrogens with zero attached hydrogens (tertiary/aromatic N) is 2. The summed E-state index contributed by atoms with van der Waals surface area (Å²) >= 11 is 0. The van der Waals surface area contributed by atoms with Gasteiger partial charge in [-0.3, -0.25) is 0 Å². The van der Waals surface area contributed by atoms with Gasteiger partial charge in [0.1, 0.15) is 5.82 Å². The SMILES string of the molecule is CC(CCO)CNc1cc(C(F)(F)F)nc(N)n1. The van der Waals surface area contributed by atoms with E-state index in [-0.39, 0.29) is 18.3 Å². The minimum atomic E-state index is -4.55. The van der Waals surface area contributed by atoms with E-state index < -0.39 is 17.8 Å². The molecule has 0 saturated carbocycles. The first-order chi connectivity index (χ1) is 8.32. The first-order valence-electron chi connectivity index (χ1n) is 5.39. The van der Waals surface area contributed by atoms with Crippen molar-refractivity contribution in [1.29, 1.82) is 0 Å². The van der Waals surface area contributed by atoms with E-state index in [4.69, 9.17) is 10.8 Å². The molecule has 0 radical (unpaired) electrons. The molecular weight excluding hydrogens is 249 g/mol. The molecule has 0 saturated heterocycles. The molecule has 0 bridgehead atoms. The Hall–Kier alpha value is -1.57. The van der Waals surface area contributed by atoms with Gasteiger partial charge in [0.15, 0.2) is 5.69 Å². The summed E-state index contributed by atoms with van der Waals surface area (Å²) in [5.41, 5.74) is 4.14. The number of rotatable bonds is 5. The molecule has 1 unspecified atom stereocenters. The zero-order valence-electron chi connectivity index (χ0n) is 9.83. The monoisotopic (exact) mass is 264 g/mol. The summed E-state index contributed by atoms with van der Waals surface area (Å²) in [6.45, 7) is 2.29. The van der Waals surface area contributed by atoms with Gasteiger partial charge in [0.05, 0.1) is 0 Å². The molecule has 1 atom stereocenters. The number of nitrogen functional groups attached to an aromatic ring is 1. The summed E-state index contributed by atoms with van der Waals surface area (Å²) in [7, 11) is 0. The van der Waals surface area contributed by atoms with Crippen molar-refractivity contribution in [1.82, 2.24) is 9.97 Å². The van der Waals surface area contributed by atoms with Crippen molar-refractivity contribution in [2.45, 2.75) is 19.5 Å². The highest BCUT2D eigenvalue weighted by atomic mass is 19.4. The molecule has 4 N–H and O–H groups in total. The van der Waals surface area contributed by atoms with Crippen LogP contribution in [0.3, 0.4) is 0 Å². The largest absolute Gasteiger partial charge is 0.433 e. The zero-order valence-corrected chi connectivity index (χ0v) is 9.83. The molecule has 1 aromatic heterocycles. The molecule has 102 valence electrons. The van der Waals surface area contributed by atoms with E-state index in [0.29, 0.717) is 13.0 Å². The van der Waals surface area contributed by atoms with E-state index in [0.717, 1.165) is 6.07 Å². The number of aromatic nitrogens is 2. The van der Waals surface area contributed by atoms with Crippen LogP contribution >= 0.6 is 0 Å². The number of hydrogen-bond donors (Lipinski definition) is 3. The third-order valence-electron chi connectivity index (χ3n) is 2.29. The number of anilines is 2. The molecule has 0 aromatic carbocycles. The van der Waals surface area contributed by atoms with Crippen molar-refractivity contribution in [3.8, 4) is 0 Å². The summed E-state index contributed by atoms with van der Waals surface area (Å²) in [5.74, 6) is -0.290. The molecule has 1 heterocycles. The molecule has 0 fully saturated rings. The molecule has 18 heavy (non-hydrogen) atoms. The van der Waals surface area contributed by atoms with E-state index in [2.05, 4.69) is 15.3 Å². The number of aliphatic hydroxyl groups is 1. The van der Waals surface area contributed by atoms with Crippen molar-refractivity contribution in [3.63, 3.8) is 0 Å². The zero-order chi connectivity index (χ0) is 13.8. The predicted octanol–water partition coefficient (Wildman–Crippen LogP) is 1.51. The van der Waals surface area contributed by atoms with Crippen LogP contribution in [-0.4, -0.2) is 28.2 Å². The molecule has 0 aliphatic heterocycles. The summed E-state index contributed by atoms with van der Waals surface area (Å²) in [4.78, 5) is 6.80. The highest BCUT2D eigenvalue weighted by Gasteiger charge is 2.33. The fourth-order valence-electron chi connectivity index (χ4n) is 1.30. The predicted molar refractivity (Wildman–Crippen MR) is 60.8 cm³/mol. The maximum atomic E-state index is 12.5. The van der Waals surface area contributed by atoms with Crippen LogP contribution in [0.4, 0.5) is 24.9 Å². The lowest BCUT2D eigenvalue weighted by Crippen LogP contribution is -2.16. The highest BCUT2D eigenvalue weighted by molar-refractivity contribution is 5.41. The van der Waals surface area contributed by atoms with Gasteiger partial charge in [-0.15, -0.1) is 0 Å². The Morgan fingerprint density at radius 3 is 2.67 bits per heavy atom. The van der Waals surface area contributed by atoms with E-state index in [1.807, 2.05) is 6.92 Å². The van der Waals surface area contributed by atoms with Gasteiger partial charge in [-0.2, -0.15) is 18.2 Å². The van der Waals surface area contributed by atoms with Crippen molar-refractivity contribution in [2.75, 3.05) is 24.2 Å². The second-order valence-corrected chi connectivity index (χ2v) is 3.99. The van der Waals surface area contributed by atoms with Gasteiger partial charge in [0.2, 0.25) is 5.95 Å². The number of nitrogens with one attached hydrogen (secondary N) is 1. The Balaban J connectivity index is 2.75. The molecular formula is C10H15F3N4O. The van der Waals surface area contributed by atoms with Gasteiger partial charge in [0.25, 0.3) is 0 Å². The third kappa shape index (κ3) is 4.36. The summed E-state index contributed by atoms with van der Waals surface area (Å²) in [6.07, 6.45) is -4.00. The average Bonchev–Trinajstić information content (AvgIpc) is 2.25. The maximum absolute atomic E-state index is 12.5. The Morgan fingerprint density at radius 2 is 2.11 bits per heavy atom. The Bertz CT molecular complexity index is 397. The van der Waals surface area contributed by atoms with E-state index in [1.54, 1.807) is 0 Å². The second-order valence-electron chi connectivity index (χ2n) is 3.99. The maximum Gasteiger partial charge on any atom is 0.433 e. The minimum absolute atomic E-state index is 0.0274. The Morgan fingerprint density at radius 1 is 1.44 bits per heavy atom. The van der Waals surface area contributed by atoms with Gasteiger partial charge in [-0.05, 0) is 12.3 Å². The summed E-state index contributed by atoms with van der Waals surface area (Å²) in [6, 6.07) is 0.808. The molecule has 8 heteroatoms. The third-order valence-corrected chi connectivity index (χ3v) is 2.29.